The van der Waals surface area contributed by atoms with Gasteiger partial charge in [-0.25, -0.2) is 0 Å². The standard InChI is InChI=1S/C22H26N2O5/c1-12(2)29-14-7-8-16(13(3)9-14)24-22(25)17-10-15-18(26-4)11-19(27-5)21(28-6)20(15)23-17/h7-12,23H,1-6H3,(H,24,25). The number of aromatic nitrogens is 1. The molecule has 0 atom stereocenters. The number of carbonyl (C=O) groups is 1. The molecule has 1 heterocycles. The van der Waals surface area contributed by atoms with Gasteiger partial charge in [-0.2, -0.15) is 0 Å². The van der Waals surface area contributed by atoms with Crippen molar-refractivity contribution in [1.29, 1.82) is 0 Å². The number of nitrogens with one attached hydrogen (secondary N) is 2. The third-order valence-corrected chi connectivity index (χ3v) is 4.50. The second kappa shape index (κ2) is 8.34. The fourth-order valence-electron chi connectivity index (χ4n) is 3.17. The molecule has 1 aromatic heterocycles. The molecule has 3 rings (SSSR count). The van der Waals surface area contributed by atoms with E-state index in [-0.39, 0.29) is 12.0 Å². The average molecular weight is 398 g/mol. The number of fused-ring (bicyclic) bond motifs is 1. The van der Waals surface area contributed by atoms with Crippen LogP contribution in [0.2, 0.25) is 0 Å². The number of rotatable bonds is 7. The summed E-state index contributed by atoms with van der Waals surface area (Å²) in [6, 6.07) is 9.03. The third-order valence-electron chi connectivity index (χ3n) is 4.50. The normalized spacial score (nSPS) is 10.9. The van der Waals surface area contributed by atoms with Gasteiger partial charge in [-0.3, -0.25) is 4.79 Å². The van der Waals surface area contributed by atoms with Crippen LogP contribution in [0.3, 0.4) is 0 Å². The molecule has 1 amide bonds. The van der Waals surface area contributed by atoms with Crippen molar-refractivity contribution in [3.8, 4) is 23.0 Å². The maximum atomic E-state index is 12.9. The van der Waals surface area contributed by atoms with Crippen LogP contribution in [0, 0.1) is 6.92 Å². The van der Waals surface area contributed by atoms with Gasteiger partial charge in [0.2, 0.25) is 0 Å². The minimum absolute atomic E-state index is 0.0862. The molecule has 0 aliphatic heterocycles. The molecule has 2 N–H and O–H groups in total. The lowest BCUT2D eigenvalue weighted by molar-refractivity contribution is 0.102. The number of hydrogen-bond donors (Lipinski definition) is 2. The van der Waals surface area contributed by atoms with Crippen molar-refractivity contribution < 1.29 is 23.7 Å². The Hall–Kier alpha value is -3.35. The summed E-state index contributed by atoms with van der Waals surface area (Å²) in [5.74, 6) is 2.10. The maximum absolute atomic E-state index is 12.9. The van der Waals surface area contributed by atoms with Crippen molar-refractivity contribution in [2.45, 2.75) is 26.9 Å². The molecule has 29 heavy (non-hydrogen) atoms. The summed E-state index contributed by atoms with van der Waals surface area (Å²) in [6.07, 6.45) is 0.0862. The van der Waals surface area contributed by atoms with Crippen molar-refractivity contribution in [2.24, 2.45) is 0 Å². The molecule has 3 aromatic rings. The summed E-state index contributed by atoms with van der Waals surface area (Å²) in [6.45, 7) is 5.86. The molecule has 0 fully saturated rings. The molecule has 7 heteroatoms. The first-order chi connectivity index (χ1) is 13.9. The van der Waals surface area contributed by atoms with E-state index in [0.717, 1.165) is 16.7 Å². The molecule has 0 aliphatic carbocycles. The first kappa shape index (κ1) is 20.4. The van der Waals surface area contributed by atoms with Crippen molar-refractivity contribution in [3.63, 3.8) is 0 Å². The van der Waals surface area contributed by atoms with Gasteiger partial charge in [-0.05, 0) is 50.6 Å². The fraction of sp³-hybridized carbons (Fsp3) is 0.318. The average Bonchev–Trinajstić information content (AvgIpc) is 3.13. The lowest BCUT2D eigenvalue weighted by Crippen LogP contribution is -2.13. The Morgan fingerprint density at radius 2 is 1.72 bits per heavy atom. The van der Waals surface area contributed by atoms with Crippen molar-refractivity contribution in [2.75, 3.05) is 26.6 Å². The van der Waals surface area contributed by atoms with Gasteiger partial charge in [0, 0.05) is 17.1 Å². The SMILES string of the molecule is COc1cc(OC)c2cc(C(=O)Nc3ccc(OC(C)C)cc3C)[nH]c2c1OC. The number of aromatic amines is 1. The van der Waals surface area contributed by atoms with Crippen molar-refractivity contribution in [3.05, 3.63) is 41.6 Å². The summed E-state index contributed by atoms with van der Waals surface area (Å²) in [7, 11) is 4.67. The van der Waals surface area contributed by atoms with Gasteiger partial charge in [0.1, 0.15) is 17.2 Å². The van der Waals surface area contributed by atoms with Crippen LogP contribution >= 0.6 is 0 Å². The number of H-pyrrole nitrogens is 1. The zero-order valence-corrected chi connectivity index (χ0v) is 17.5. The van der Waals surface area contributed by atoms with E-state index in [4.69, 9.17) is 18.9 Å². The number of benzene rings is 2. The molecule has 0 saturated heterocycles. The maximum Gasteiger partial charge on any atom is 0.272 e. The van der Waals surface area contributed by atoms with Crippen LogP contribution in [-0.4, -0.2) is 38.3 Å². The number of ether oxygens (including phenoxy) is 4. The largest absolute Gasteiger partial charge is 0.496 e. The lowest BCUT2D eigenvalue weighted by atomic mass is 10.1. The summed E-state index contributed by atoms with van der Waals surface area (Å²) >= 11 is 0. The van der Waals surface area contributed by atoms with E-state index in [1.165, 1.54) is 0 Å². The predicted octanol–water partition coefficient (Wildman–Crippen LogP) is 4.54. The van der Waals surface area contributed by atoms with E-state index in [2.05, 4.69) is 10.3 Å². The summed E-state index contributed by atoms with van der Waals surface area (Å²) in [4.78, 5) is 16.0. The van der Waals surface area contributed by atoms with Gasteiger partial charge < -0.3 is 29.2 Å². The van der Waals surface area contributed by atoms with Gasteiger partial charge in [0.05, 0.1) is 33.0 Å². The van der Waals surface area contributed by atoms with Crippen molar-refractivity contribution in [1.82, 2.24) is 4.98 Å². The zero-order chi connectivity index (χ0) is 21.1. The molecular formula is C22H26N2O5. The Kier molecular flexibility index (Phi) is 5.87. The Bertz CT molecular complexity index is 1040. The van der Waals surface area contributed by atoms with Gasteiger partial charge in [-0.15, -0.1) is 0 Å². The first-order valence-corrected chi connectivity index (χ1v) is 9.28. The Morgan fingerprint density at radius 1 is 1.00 bits per heavy atom. The second-order valence-corrected chi connectivity index (χ2v) is 6.88. The molecule has 0 radical (unpaired) electrons. The molecule has 0 spiro atoms. The van der Waals surface area contributed by atoms with E-state index in [1.807, 2.05) is 39.0 Å². The van der Waals surface area contributed by atoms with Crippen LogP contribution in [-0.2, 0) is 0 Å². The predicted molar refractivity (Wildman–Crippen MR) is 113 cm³/mol. The lowest BCUT2D eigenvalue weighted by Gasteiger charge is -2.13. The van der Waals surface area contributed by atoms with E-state index in [9.17, 15) is 4.79 Å². The molecular weight excluding hydrogens is 372 g/mol. The number of hydrogen-bond acceptors (Lipinski definition) is 5. The van der Waals surface area contributed by atoms with Gasteiger partial charge in [0.15, 0.2) is 11.5 Å². The number of aryl methyl sites for hydroxylation is 1. The van der Waals surface area contributed by atoms with Crippen LogP contribution in [0.15, 0.2) is 30.3 Å². The van der Waals surface area contributed by atoms with Crippen LogP contribution in [0.1, 0.15) is 29.9 Å². The van der Waals surface area contributed by atoms with E-state index in [1.54, 1.807) is 33.5 Å². The highest BCUT2D eigenvalue weighted by molar-refractivity contribution is 6.08. The topological polar surface area (TPSA) is 81.8 Å². The number of amides is 1. The second-order valence-electron chi connectivity index (χ2n) is 6.88. The highest BCUT2D eigenvalue weighted by Crippen LogP contribution is 2.41. The van der Waals surface area contributed by atoms with Gasteiger partial charge >= 0.3 is 0 Å². The first-order valence-electron chi connectivity index (χ1n) is 9.28. The van der Waals surface area contributed by atoms with Gasteiger partial charge in [-0.1, -0.05) is 0 Å². The molecule has 0 saturated carbocycles. The monoisotopic (exact) mass is 398 g/mol. The number of carbonyl (C=O) groups excluding carboxylic acids is 1. The summed E-state index contributed by atoms with van der Waals surface area (Å²) in [5, 5.41) is 3.66. The molecule has 0 aliphatic rings. The molecule has 0 unspecified atom stereocenters. The van der Waals surface area contributed by atoms with Crippen LogP contribution in [0.25, 0.3) is 10.9 Å². The Labute approximate surface area is 169 Å². The number of methoxy groups -OCH3 is 3. The molecule has 7 nitrogen and oxygen atoms in total. The van der Waals surface area contributed by atoms with Gasteiger partial charge in [0.25, 0.3) is 5.91 Å². The molecule has 0 bridgehead atoms. The minimum Gasteiger partial charge on any atom is -0.496 e. The highest BCUT2D eigenvalue weighted by Gasteiger charge is 2.20. The smallest absolute Gasteiger partial charge is 0.272 e. The van der Waals surface area contributed by atoms with Crippen LogP contribution in [0.4, 0.5) is 5.69 Å². The van der Waals surface area contributed by atoms with E-state index in [0.29, 0.717) is 34.1 Å². The zero-order valence-electron chi connectivity index (χ0n) is 17.5. The fourth-order valence-corrected chi connectivity index (χ4v) is 3.17. The number of anilines is 1. The van der Waals surface area contributed by atoms with Crippen LogP contribution in [0.5, 0.6) is 23.0 Å². The van der Waals surface area contributed by atoms with Crippen LogP contribution < -0.4 is 24.3 Å². The molecule has 154 valence electrons. The Morgan fingerprint density at radius 3 is 2.31 bits per heavy atom. The quantitative estimate of drug-likeness (QED) is 0.611. The van der Waals surface area contributed by atoms with Crippen molar-refractivity contribution >= 4 is 22.5 Å². The minimum atomic E-state index is -0.273. The summed E-state index contributed by atoms with van der Waals surface area (Å²) < 4.78 is 22.0. The summed E-state index contributed by atoms with van der Waals surface area (Å²) in [5.41, 5.74) is 2.63. The Balaban J connectivity index is 1.94. The van der Waals surface area contributed by atoms with E-state index < -0.39 is 0 Å². The third kappa shape index (κ3) is 4.08. The van der Waals surface area contributed by atoms with E-state index >= 15 is 0 Å². The molecule has 2 aromatic carbocycles. The highest BCUT2D eigenvalue weighted by atomic mass is 16.5.